The van der Waals surface area contributed by atoms with E-state index >= 15 is 0 Å². The van der Waals surface area contributed by atoms with Crippen molar-refractivity contribution < 1.29 is 29.3 Å². The van der Waals surface area contributed by atoms with Crippen molar-refractivity contribution >= 4 is 17.4 Å². The number of hydrogen-bond acceptors (Lipinski definition) is 7. The highest BCUT2D eigenvalue weighted by atomic mass is 16.5. The van der Waals surface area contributed by atoms with Crippen LogP contribution in [0.2, 0.25) is 0 Å². The first-order chi connectivity index (χ1) is 17.8. The van der Waals surface area contributed by atoms with E-state index in [0.717, 1.165) is 31.6 Å². The minimum atomic E-state index is -0.842. The Morgan fingerprint density at radius 1 is 1.05 bits per heavy atom. The number of phenols is 1. The lowest BCUT2D eigenvalue weighted by Gasteiger charge is -2.27. The first-order valence-corrected chi connectivity index (χ1v) is 12.9. The average molecular weight is 511 g/mol. The third-order valence-corrected chi connectivity index (χ3v) is 6.68. The van der Waals surface area contributed by atoms with Crippen LogP contribution in [0.5, 0.6) is 17.2 Å². The Kier molecular flexibility index (Phi) is 9.58. The summed E-state index contributed by atoms with van der Waals surface area (Å²) in [4.78, 5) is 30.3. The summed E-state index contributed by atoms with van der Waals surface area (Å²) < 4.78 is 11.3. The highest BCUT2D eigenvalue weighted by molar-refractivity contribution is 6.46. The fraction of sp³-hybridized carbons (Fsp3) is 0.448. The number of methoxy groups -OCH3 is 1. The maximum Gasteiger partial charge on any atom is 0.295 e. The molecule has 0 aliphatic carbocycles. The summed E-state index contributed by atoms with van der Waals surface area (Å²) in [6.45, 7) is 11.4. The largest absolute Gasteiger partial charge is 0.507 e. The van der Waals surface area contributed by atoms with Crippen molar-refractivity contribution in [1.29, 1.82) is 0 Å². The molecule has 200 valence electrons. The highest BCUT2D eigenvalue weighted by Gasteiger charge is 2.46. The molecule has 1 aliphatic heterocycles. The molecule has 2 aromatic carbocycles. The minimum absolute atomic E-state index is 0.0574. The van der Waals surface area contributed by atoms with Crippen molar-refractivity contribution in [3.63, 3.8) is 0 Å². The van der Waals surface area contributed by atoms with Crippen molar-refractivity contribution in [2.45, 2.75) is 46.6 Å². The maximum atomic E-state index is 13.3. The number of aryl methyl sites for hydroxylation is 1. The molecule has 0 spiro atoms. The van der Waals surface area contributed by atoms with Crippen LogP contribution < -0.4 is 9.47 Å². The van der Waals surface area contributed by atoms with Crippen LogP contribution >= 0.6 is 0 Å². The molecule has 1 fully saturated rings. The molecule has 0 bridgehead atoms. The lowest BCUT2D eigenvalue weighted by molar-refractivity contribution is -0.140. The van der Waals surface area contributed by atoms with E-state index in [1.165, 1.54) is 18.1 Å². The van der Waals surface area contributed by atoms with Crippen molar-refractivity contribution in [2.24, 2.45) is 0 Å². The number of hydrogen-bond donors (Lipinski definition) is 2. The zero-order chi connectivity index (χ0) is 27.1. The second kappa shape index (κ2) is 12.6. The average Bonchev–Trinajstić information content (AvgIpc) is 3.15. The Labute approximate surface area is 219 Å². The number of phenolic OH excluding ortho intramolecular Hbond substituents is 1. The summed E-state index contributed by atoms with van der Waals surface area (Å²) in [5.74, 6) is -1.00. The van der Waals surface area contributed by atoms with Gasteiger partial charge in [-0.25, -0.2) is 0 Å². The number of amides is 1. The summed E-state index contributed by atoms with van der Waals surface area (Å²) in [5, 5.41) is 21.8. The normalized spacial score (nSPS) is 17.0. The summed E-state index contributed by atoms with van der Waals surface area (Å²) >= 11 is 0. The van der Waals surface area contributed by atoms with E-state index in [1.54, 1.807) is 30.3 Å². The number of nitrogens with zero attached hydrogens (tertiary/aromatic N) is 2. The van der Waals surface area contributed by atoms with E-state index < -0.39 is 23.5 Å². The SMILES string of the molecule is CCCOc1ccc(C2C(=C(O)c3cc(C)ccc3O)C(=O)C(=O)N2CCCN(CC)CC)cc1OC. The van der Waals surface area contributed by atoms with Crippen LogP contribution in [-0.2, 0) is 9.59 Å². The monoisotopic (exact) mass is 510 g/mol. The lowest BCUT2D eigenvalue weighted by Crippen LogP contribution is -2.33. The predicted octanol–water partition coefficient (Wildman–Crippen LogP) is 4.65. The third-order valence-electron chi connectivity index (χ3n) is 6.68. The number of aliphatic hydroxyl groups is 1. The van der Waals surface area contributed by atoms with Crippen LogP contribution in [0.1, 0.15) is 56.3 Å². The first-order valence-electron chi connectivity index (χ1n) is 12.9. The second-order valence-electron chi connectivity index (χ2n) is 9.15. The molecular formula is C29H38N2O6. The summed E-state index contributed by atoms with van der Waals surface area (Å²) in [6.07, 6.45) is 1.49. The van der Waals surface area contributed by atoms with Crippen LogP contribution in [0.25, 0.3) is 5.76 Å². The predicted molar refractivity (Wildman–Crippen MR) is 143 cm³/mol. The smallest absolute Gasteiger partial charge is 0.295 e. The molecule has 2 aromatic rings. The topological polar surface area (TPSA) is 99.5 Å². The van der Waals surface area contributed by atoms with Crippen LogP contribution in [0, 0.1) is 6.92 Å². The van der Waals surface area contributed by atoms with Gasteiger partial charge in [0.1, 0.15) is 11.5 Å². The van der Waals surface area contributed by atoms with Crippen LogP contribution in [0.15, 0.2) is 42.0 Å². The molecule has 0 radical (unpaired) electrons. The van der Waals surface area contributed by atoms with Crippen LogP contribution in [-0.4, -0.2) is 71.6 Å². The Morgan fingerprint density at radius 3 is 2.43 bits per heavy atom. The molecule has 2 N–H and O–H groups in total. The summed E-state index contributed by atoms with van der Waals surface area (Å²) in [7, 11) is 1.53. The molecule has 1 saturated heterocycles. The van der Waals surface area contributed by atoms with Gasteiger partial charge in [0, 0.05) is 6.54 Å². The number of rotatable bonds is 12. The van der Waals surface area contributed by atoms with Crippen molar-refractivity contribution in [3.8, 4) is 17.2 Å². The van der Waals surface area contributed by atoms with E-state index in [-0.39, 0.29) is 16.9 Å². The number of Topliss-reactive ketones (excluding diaryl/α,β-unsaturated/α-hetero) is 1. The molecule has 1 aliphatic rings. The van der Waals surface area contributed by atoms with Gasteiger partial charge >= 0.3 is 0 Å². The van der Waals surface area contributed by atoms with Gasteiger partial charge in [-0.05, 0) is 69.2 Å². The second-order valence-corrected chi connectivity index (χ2v) is 9.15. The molecule has 0 saturated carbocycles. The number of benzene rings is 2. The molecule has 1 amide bonds. The Balaban J connectivity index is 2.12. The Hall–Kier alpha value is -3.52. The number of likely N-dealkylation sites (tertiary alicyclic amines) is 1. The number of carbonyl (C=O) groups is 2. The number of ether oxygens (including phenoxy) is 2. The fourth-order valence-corrected chi connectivity index (χ4v) is 4.63. The molecule has 8 nitrogen and oxygen atoms in total. The Morgan fingerprint density at radius 2 is 1.78 bits per heavy atom. The van der Waals surface area contributed by atoms with E-state index in [9.17, 15) is 19.8 Å². The first kappa shape index (κ1) is 28.1. The molecule has 1 heterocycles. The molecule has 8 heteroatoms. The van der Waals surface area contributed by atoms with Crippen LogP contribution in [0.3, 0.4) is 0 Å². The molecule has 3 rings (SSSR count). The van der Waals surface area contributed by atoms with E-state index in [2.05, 4.69) is 18.7 Å². The van der Waals surface area contributed by atoms with Crippen molar-refractivity contribution in [1.82, 2.24) is 9.80 Å². The number of aliphatic hydroxyl groups excluding tert-OH is 1. The minimum Gasteiger partial charge on any atom is -0.507 e. The molecular weight excluding hydrogens is 472 g/mol. The standard InChI is InChI=1S/C29H38N2O6/c1-6-16-37-23-13-11-20(18-24(23)36-5)26-25(27(33)21-17-19(4)10-12-22(21)32)28(34)29(35)31(26)15-9-14-30(7-2)8-3/h10-13,17-18,26,32-33H,6-9,14-16H2,1-5H3. The zero-order valence-corrected chi connectivity index (χ0v) is 22.4. The van der Waals surface area contributed by atoms with Gasteiger partial charge in [-0.2, -0.15) is 0 Å². The molecule has 1 atom stereocenters. The maximum absolute atomic E-state index is 13.3. The zero-order valence-electron chi connectivity index (χ0n) is 22.4. The molecule has 0 aromatic heterocycles. The van der Waals surface area contributed by atoms with Crippen LogP contribution in [0.4, 0.5) is 0 Å². The van der Waals surface area contributed by atoms with Gasteiger partial charge in [-0.1, -0.05) is 38.5 Å². The molecule has 1 unspecified atom stereocenters. The fourth-order valence-electron chi connectivity index (χ4n) is 4.63. The number of aromatic hydroxyl groups is 1. The van der Waals surface area contributed by atoms with Gasteiger partial charge in [-0.3, -0.25) is 9.59 Å². The van der Waals surface area contributed by atoms with E-state index in [1.807, 2.05) is 13.8 Å². The number of carbonyl (C=O) groups excluding carboxylic acids is 2. The van der Waals surface area contributed by atoms with E-state index in [0.29, 0.717) is 36.6 Å². The summed E-state index contributed by atoms with van der Waals surface area (Å²) in [5.41, 5.74) is 1.46. The lowest BCUT2D eigenvalue weighted by atomic mass is 9.94. The van der Waals surface area contributed by atoms with Gasteiger partial charge < -0.3 is 29.5 Å². The Bertz CT molecular complexity index is 1160. The van der Waals surface area contributed by atoms with Crippen molar-refractivity contribution in [3.05, 3.63) is 58.7 Å². The van der Waals surface area contributed by atoms with Gasteiger partial charge in [0.05, 0.1) is 30.9 Å². The van der Waals surface area contributed by atoms with Crippen molar-refractivity contribution in [2.75, 3.05) is 39.9 Å². The third kappa shape index (κ3) is 6.07. The quantitative estimate of drug-likeness (QED) is 0.244. The van der Waals surface area contributed by atoms with E-state index in [4.69, 9.17) is 9.47 Å². The molecule has 37 heavy (non-hydrogen) atoms. The number of ketones is 1. The van der Waals surface area contributed by atoms with Gasteiger partial charge in [0.25, 0.3) is 11.7 Å². The summed E-state index contributed by atoms with van der Waals surface area (Å²) in [6, 6.07) is 9.19. The van der Waals surface area contributed by atoms with Gasteiger partial charge in [0.2, 0.25) is 0 Å². The highest BCUT2D eigenvalue weighted by Crippen LogP contribution is 2.43. The van der Waals surface area contributed by atoms with Gasteiger partial charge in [-0.15, -0.1) is 0 Å². The van der Waals surface area contributed by atoms with Gasteiger partial charge in [0.15, 0.2) is 11.5 Å².